The molecule has 0 bridgehead atoms. The van der Waals surface area contributed by atoms with Gasteiger partial charge in [0.25, 0.3) is 5.91 Å². The first-order valence-electron chi connectivity index (χ1n) is 8.22. The molecule has 0 saturated carbocycles. The predicted molar refractivity (Wildman–Crippen MR) is 103 cm³/mol. The van der Waals surface area contributed by atoms with Crippen LogP contribution in [0.15, 0.2) is 15.8 Å². The van der Waals surface area contributed by atoms with Crippen LogP contribution in [0.1, 0.15) is 40.9 Å². The second kappa shape index (κ2) is 8.77. The zero-order valence-corrected chi connectivity index (χ0v) is 16.4. The lowest BCUT2D eigenvalue weighted by Crippen LogP contribution is -2.33. The Morgan fingerprint density at radius 3 is 2.68 bits per heavy atom. The number of thiophene rings is 1. The molecule has 3 rings (SSSR count). The van der Waals surface area contributed by atoms with Crippen molar-refractivity contribution in [3.8, 4) is 0 Å². The number of rotatable bonds is 5. The van der Waals surface area contributed by atoms with Crippen LogP contribution in [0.3, 0.4) is 0 Å². The molecule has 0 spiro atoms. The highest BCUT2D eigenvalue weighted by Crippen LogP contribution is 2.27. The van der Waals surface area contributed by atoms with E-state index in [1.807, 2.05) is 23.3 Å². The van der Waals surface area contributed by atoms with Crippen LogP contribution in [0, 0.1) is 6.92 Å². The summed E-state index contributed by atoms with van der Waals surface area (Å²) in [5, 5.41) is 13.2. The summed E-state index contributed by atoms with van der Waals surface area (Å²) in [7, 11) is 0. The van der Waals surface area contributed by atoms with Gasteiger partial charge in [-0.05, 0) is 36.8 Å². The molecule has 1 aliphatic heterocycles. The summed E-state index contributed by atoms with van der Waals surface area (Å²) in [4.78, 5) is 27.0. The molecule has 0 atom stereocenters. The molecular weight excluding hydrogens is 376 g/mol. The second-order valence-electron chi connectivity index (χ2n) is 5.90. The van der Waals surface area contributed by atoms with Crippen molar-refractivity contribution in [3.05, 3.63) is 21.9 Å². The Labute approximate surface area is 159 Å². The molecule has 6 nitrogen and oxygen atoms in total. The Kier molecular flexibility index (Phi) is 6.44. The lowest BCUT2D eigenvalue weighted by atomic mass is 10.2. The van der Waals surface area contributed by atoms with Crippen LogP contribution in [-0.2, 0) is 4.79 Å². The van der Waals surface area contributed by atoms with Crippen molar-refractivity contribution in [2.24, 2.45) is 0 Å². The minimum atomic E-state index is -0.175. The Bertz CT molecular complexity index is 735. The molecule has 1 N–H and O–H groups in total. The fourth-order valence-corrected chi connectivity index (χ4v) is 5.01. The van der Waals surface area contributed by atoms with Crippen molar-refractivity contribution in [3.63, 3.8) is 0 Å². The third-order valence-electron chi connectivity index (χ3n) is 3.86. The van der Waals surface area contributed by atoms with Crippen LogP contribution in [0.4, 0.5) is 5.13 Å². The summed E-state index contributed by atoms with van der Waals surface area (Å²) in [6, 6.07) is 1.84. The molecule has 0 radical (unpaired) electrons. The first-order chi connectivity index (χ1) is 12.1. The van der Waals surface area contributed by atoms with Crippen LogP contribution in [0.2, 0.25) is 0 Å². The monoisotopic (exact) mass is 396 g/mol. The molecule has 2 aromatic heterocycles. The number of carbonyl (C=O) groups is 2. The van der Waals surface area contributed by atoms with Crippen LogP contribution < -0.4 is 5.32 Å². The van der Waals surface area contributed by atoms with Crippen molar-refractivity contribution in [1.82, 2.24) is 15.1 Å². The molecule has 134 valence electrons. The summed E-state index contributed by atoms with van der Waals surface area (Å²) in [5.74, 6) is 0.348. The topological polar surface area (TPSA) is 75.2 Å². The van der Waals surface area contributed by atoms with Gasteiger partial charge >= 0.3 is 0 Å². The number of aryl methyl sites for hydroxylation is 1. The Balaban J connectivity index is 1.49. The summed E-state index contributed by atoms with van der Waals surface area (Å²) in [6.45, 7) is 3.67. The fourth-order valence-electron chi connectivity index (χ4n) is 2.56. The zero-order chi connectivity index (χ0) is 17.6. The molecule has 1 saturated heterocycles. The number of nitrogens with one attached hydrogen (secondary N) is 1. The molecule has 0 aromatic carbocycles. The maximum Gasteiger partial charge on any atom is 0.267 e. The van der Waals surface area contributed by atoms with E-state index in [1.54, 1.807) is 0 Å². The summed E-state index contributed by atoms with van der Waals surface area (Å²) >= 11 is 4.08. The highest BCUT2D eigenvalue weighted by Gasteiger charge is 2.17. The van der Waals surface area contributed by atoms with Gasteiger partial charge in [-0.2, -0.15) is 0 Å². The van der Waals surface area contributed by atoms with Crippen LogP contribution in [0.5, 0.6) is 0 Å². The van der Waals surface area contributed by atoms with Gasteiger partial charge in [0.15, 0.2) is 4.34 Å². The van der Waals surface area contributed by atoms with E-state index in [0.717, 1.165) is 31.5 Å². The van der Waals surface area contributed by atoms with Gasteiger partial charge in [-0.15, -0.1) is 21.5 Å². The largest absolute Gasteiger partial charge is 0.342 e. The predicted octanol–water partition coefficient (Wildman–Crippen LogP) is 3.66. The number of amides is 2. The number of aromatic nitrogens is 2. The minimum Gasteiger partial charge on any atom is -0.342 e. The van der Waals surface area contributed by atoms with Gasteiger partial charge in [-0.1, -0.05) is 35.9 Å². The van der Waals surface area contributed by atoms with E-state index in [4.69, 9.17) is 0 Å². The lowest BCUT2D eigenvalue weighted by Gasteiger charge is -2.19. The number of nitrogens with zero attached hydrogens (tertiary/aromatic N) is 3. The SMILES string of the molecule is Cc1csc(C(=O)Nc2nnc(SCC(=O)N3CCCCCC3)s2)c1. The number of likely N-dealkylation sites (tertiary alicyclic amines) is 1. The zero-order valence-electron chi connectivity index (χ0n) is 14.0. The summed E-state index contributed by atoms with van der Waals surface area (Å²) < 4.78 is 0.695. The first-order valence-corrected chi connectivity index (χ1v) is 10.9. The Morgan fingerprint density at radius 2 is 2.00 bits per heavy atom. The van der Waals surface area contributed by atoms with E-state index in [9.17, 15) is 9.59 Å². The molecule has 0 aliphatic carbocycles. The lowest BCUT2D eigenvalue weighted by molar-refractivity contribution is -0.128. The molecule has 1 fully saturated rings. The smallest absolute Gasteiger partial charge is 0.267 e. The van der Waals surface area contributed by atoms with Gasteiger partial charge in [0, 0.05) is 13.1 Å². The normalized spacial score (nSPS) is 15.0. The van der Waals surface area contributed by atoms with Crippen molar-refractivity contribution >= 4 is 51.4 Å². The third kappa shape index (κ3) is 5.26. The highest BCUT2D eigenvalue weighted by molar-refractivity contribution is 8.01. The standard InChI is InChI=1S/C16H20N4O2S3/c1-11-8-12(23-9-11)14(22)17-15-18-19-16(25-15)24-10-13(21)20-6-4-2-3-5-7-20/h8-9H,2-7,10H2,1H3,(H,17,18,22). The van der Waals surface area contributed by atoms with E-state index in [-0.39, 0.29) is 11.8 Å². The van der Waals surface area contributed by atoms with E-state index in [2.05, 4.69) is 15.5 Å². The fraction of sp³-hybridized carbons (Fsp3) is 0.500. The second-order valence-corrected chi connectivity index (χ2v) is 9.01. The molecular formula is C16H20N4O2S3. The summed E-state index contributed by atoms with van der Waals surface area (Å²) in [5.41, 5.74) is 1.07. The van der Waals surface area contributed by atoms with Gasteiger partial charge in [0.2, 0.25) is 11.0 Å². The van der Waals surface area contributed by atoms with Gasteiger partial charge < -0.3 is 4.90 Å². The maximum absolute atomic E-state index is 12.3. The Morgan fingerprint density at radius 1 is 1.24 bits per heavy atom. The van der Waals surface area contributed by atoms with Crippen LogP contribution in [0.25, 0.3) is 0 Å². The number of anilines is 1. The van der Waals surface area contributed by atoms with E-state index >= 15 is 0 Å². The summed E-state index contributed by atoms with van der Waals surface area (Å²) in [6.07, 6.45) is 4.60. The van der Waals surface area contributed by atoms with Crippen LogP contribution in [-0.4, -0.2) is 45.8 Å². The molecule has 25 heavy (non-hydrogen) atoms. The quantitative estimate of drug-likeness (QED) is 0.617. The number of thioether (sulfide) groups is 1. The van der Waals surface area contributed by atoms with Gasteiger partial charge in [0.1, 0.15) is 0 Å². The Hall–Kier alpha value is -1.45. The van der Waals surface area contributed by atoms with E-state index in [1.165, 1.54) is 47.3 Å². The third-order valence-corrected chi connectivity index (χ3v) is 6.86. The van der Waals surface area contributed by atoms with Crippen molar-refractivity contribution in [2.45, 2.75) is 36.9 Å². The average molecular weight is 397 g/mol. The molecule has 9 heteroatoms. The van der Waals surface area contributed by atoms with Crippen molar-refractivity contribution < 1.29 is 9.59 Å². The van der Waals surface area contributed by atoms with Gasteiger partial charge in [-0.25, -0.2) is 0 Å². The number of hydrogen-bond acceptors (Lipinski definition) is 7. The number of hydrogen-bond donors (Lipinski definition) is 1. The van der Waals surface area contributed by atoms with E-state index in [0.29, 0.717) is 20.1 Å². The molecule has 3 heterocycles. The highest BCUT2D eigenvalue weighted by atomic mass is 32.2. The van der Waals surface area contributed by atoms with Crippen LogP contribution >= 0.6 is 34.4 Å². The minimum absolute atomic E-state index is 0.154. The van der Waals surface area contributed by atoms with Crippen molar-refractivity contribution in [2.75, 3.05) is 24.2 Å². The van der Waals surface area contributed by atoms with Crippen molar-refractivity contribution in [1.29, 1.82) is 0 Å². The maximum atomic E-state index is 12.3. The molecule has 2 amide bonds. The first kappa shape index (κ1) is 18.3. The molecule has 1 aliphatic rings. The van der Waals surface area contributed by atoms with E-state index < -0.39 is 0 Å². The number of carbonyl (C=O) groups excluding carboxylic acids is 2. The van der Waals surface area contributed by atoms with Gasteiger partial charge in [0.05, 0.1) is 10.6 Å². The van der Waals surface area contributed by atoms with Gasteiger partial charge in [-0.3, -0.25) is 14.9 Å². The molecule has 2 aromatic rings. The average Bonchev–Trinajstić information content (AvgIpc) is 3.13. The molecule has 0 unspecified atom stereocenters.